The van der Waals surface area contributed by atoms with Crippen LogP contribution in [0.1, 0.15) is 71.4 Å². The molecule has 0 saturated carbocycles. The second kappa shape index (κ2) is 15.2. The molecular formula is C32H44ClN3OS. The number of carbonyl (C=O) groups is 1. The number of pyridine rings is 1. The third kappa shape index (κ3) is 8.78. The lowest BCUT2D eigenvalue weighted by Crippen LogP contribution is -2.41. The summed E-state index contributed by atoms with van der Waals surface area (Å²) in [5.74, 6) is 1.15. The summed E-state index contributed by atoms with van der Waals surface area (Å²) in [6.45, 7) is 20.5. The summed E-state index contributed by atoms with van der Waals surface area (Å²) >= 11 is 7.90. The Morgan fingerprint density at radius 3 is 2.55 bits per heavy atom. The Labute approximate surface area is 239 Å². The van der Waals surface area contributed by atoms with Gasteiger partial charge in [-0.25, -0.2) is 4.98 Å². The molecule has 0 unspecified atom stereocenters. The molecule has 0 spiro atoms. The van der Waals surface area contributed by atoms with Gasteiger partial charge in [0.15, 0.2) is 0 Å². The Balaban J connectivity index is 0.00000247. The third-order valence-electron chi connectivity index (χ3n) is 6.92. The van der Waals surface area contributed by atoms with E-state index in [1.54, 1.807) is 0 Å². The highest BCUT2D eigenvalue weighted by Crippen LogP contribution is 2.35. The molecule has 1 saturated heterocycles. The summed E-state index contributed by atoms with van der Waals surface area (Å²) in [4.78, 5) is 20.5. The van der Waals surface area contributed by atoms with Gasteiger partial charge in [0.2, 0.25) is 0 Å². The molecule has 1 aliphatic rings. The molecule has 4 nitrogen and oxygen atoms in total. The molecule has 206 valence electrons. The maximum atomic E-state index is 12.5. The number of nitrogens with zero attached hydrogens (tertiary/aromatic N) is 2. The van der Waals surface area contributed by atoms with E-state index in [0.717, 1.165) is 59.9 Å². The molecule has 1 aromatic heterocycles. The van der Waals surface area contributed by atoms with Crippen LogP contribution in [0.15, 0.2) is 65.7 Å². The highest BCUT2D eigenvalue weighted by molar-refractivity contribution is 8.04. The van der Waals surface area contributed by atoms with E-state index in [0.29, 0.717) is 17.2 Å². The number of aryl methyl sites for hydroxylation is 2. The summed E-state index contributed by atoms with van der Waals surface area (Å²) in [6.07, 6.45) is 9.60. The second-order valence-electron chi connectivity index (χ2n) is 9.90. The number of Topliss-reactive ketones (excluding diaryl/α,β-unsaturated/α-hetero) is 1. The summed E-state index contributed by atoms with van der Waals surface area (Å²) in [5, 5.41) is 0.631. The first-order valence-corrected chi connectivity index (χ1v) is 14.8. The Morgan fingerprint density at radius 2 is 1.89 bits per heavy atom. The average molecular weight is 554 g/mol. The quantitative estimate of drug-likeness (QED) is 0.234. The van der Waals surface area contributed by atoms with Gasteiger partial charge in [-0.1, -0.05) is 69.6 Å². The highest BCUT2D eigenvalue weighted by atomic mass is 35.5. The van der Waals surface area contributed by atoms with Crippen molar-refractivity contribution >= 4 is 35.1 Å². The van der Waals surface area contributed by atoms with Crippen molar-refractivity contribution in [2.75, 3.05) is 17.8 Å². The van der Waals surface area contributed by atoms with Gasteiger partial charge in [0.25, 0.3) is 0 Å². The van der Waals surface area contributed by atoms with Crippen molar-refractivity contribution in [1.29, 1.82) is 0 Å². The topological polar surface area (TPSA) is 45.2 Å². The monoisotopic (exact) mass is 553 g/mol. The van der Waals surface area contributed by atoms with Gasteiger partial charge in [0.1, 0.15) is 11.6 Å². The Hall–Kier alpha value is -2.50. The molecule has 0 bridgehead atoms. The molecule has 2 heterocycles. The largest absolute Gasteiger partial charge is 0.375 e. The van der Waals surface area contributed by atoms with E-state index in [1.165, 1.54) is 23.2 Å². The van der Waals surface area contributed by atoms with Crippen LogP contribution in [-0.4, -0.2) is 28.8 Å². The standard InChI is InChI=1S/C30H38ClN3OS.C2H6/c1-7-9-27(35)30(6)16-18-34(19-17-30)23(4)10-8-11-24(5)36-33-28-15-14-26(31)29(32-28)25-20-21(2)12-13-22(25)3;1-2/h8,10-15,20H,5,7,9,16-19H2,1-4,6H3,(H,32,33);1-2H3/b11-8-,23-10+;. The van der Waals surface area contributed by atoms with Gasteiger partial charge in [0, 0.05) is 41.1 Å². The van der Waals surface area contributed by atoms with Gasteiger partial charge < -0.3 is 9.62 Å². The molecule has 1 fully saturated rings. The Kier molecular flexibility index (Phi) is 12.7. The minimum atomic E-state index is -0.160. The fourth-order valence-corrected chi connectivity index (χ4v) is 5.09. The minimum Gasteiger partial charge on any atom is -0.375 e. The summed E-state index contributed by atoms with van der Waals surface area (Å²) in [7, 11) is 0. The second-order valence-corrected chi connectivity index (χ2v) is 11.2. The van der Waals surface area contributed by atoms with Crippen molar-refractivity contribution in [2.45, 2.75) is 74.1 Å². The smallest absolute Gasteiger partial charge is 0.138 e. The zero-order valence-corrected chi connectivity index (χ0v) is 25.7. The summed E-state index contributed by atoms with van der Waals surface area (Å²) < 4.78 is 3.28. The van der Waals surface area contributed by atoms with Crippen molar-refractivity contribution in [2.24, 2.45) is 5.41 Å². The van der Waals surface area contributed by atoms with Crippen LogP contribution in [0, 0.1) is 19.3 Å². The van der Waals surface area contributed by atoms with E-state index in [4.69, 9.17) is 16.6 Å². The number of ketones is 1. The van der Waals surface area contributed by atoms with Crippen LogP contribution < -0.4 is 4.72 Å². The molecule has 0 aliphatic carbocycles. The summed E-state index contributed by atoms with van der Waals surface area (Å²) in [6, 6.07) is 10.0. The average Bonchev–Trinajstić information content (AvgIpc) is 2.91. The van der Waals surface area contributed by atoms with Gasteiger partial charge >= 0.3 is 0 Å². The number of aromatic nitrogens is 1. The molecule has 1 N–H and O–H groups in total. The molecular weight excluding hydrogens is 510 g/mol. The number of benzene rings is 1. The van der Waals surface area contributed by atoms with Gasteiger partial charge in [-0.05, 0) is 87.9 Å². The lowest BCUT2D eigenvalue weighted by Gasteiger charge is -2.39. The first-order valence-electron chi connectivity index (χ1n) is 13.6. The van der Waals surface area contributed by atoms with Crippen molar-refractivity contribution < 1.29 is 4.79 Å². The fraction of sp³-hybridized carbons (Fsp3) is 0.438. The van der Waals surface area contributed by atoms with Crippen LogP contribution in [0.5, 0.6) is 0 Å². The molecule has 6 heteroatoms. The Morgan fingerprint density at radius 1 is 1.21 bits per heavy atom. The number of piperidine rings is 1. The van der Waals surface area contributed by atoms with Gasteiger partial charge in [-0.3, -0.25) is 4.79 Å². The van der Waals surface area contributed by atoms with E-state index < -0.39 is 0 Å². The highest BCUT2D eigenvalue weighted by Gasteiger charge is 2.35. The van der Waals surface area contributed by atoms with Crippen LogP contribution in [0.3, 0.4) is 0 Å². The fourth-order valence-electron chi connectivity index (χ4n) is 4.39. The van der Waals surface area contributed by atoms with Crippen LogP contribution in [0.2, 0.25) is 5.02 Å². The van der Waals surface area contributed by atoms with E-state index in [-0.39, 0.29) is 5.41 Å². The van der Waals surface area contributed by atoms with Gasteiger partial charge in [-0.2, -0.15) is 0 Å². The molecule has 1 aromatic carbocycles. The lowest BCUT2D eigenvalue weighted by atomic mass is 9.75. The SMILES string of the molecule is C=C(/C=C\C=C(/C)N1CCC(C)(C(=O)CCC)CC1)SNc1ccc(Cl)c(-c2cc(C)ccc2C)n1.CC. The number of nitrogens with one attached hydrogen (secondary N) is 1. The van der Waals surface area contributed by atoms with Crippen molar-refractivity contribution in [3.05, 3.63) is 81.9 Å². The zero-order chi connectivity index (χ0) is 28.3. The number of halogens is 1. The number of allylic oxidation sites excluding steroid dienone is 4. The van der Waals surface area contributed by atoms with Crippen LogP contribution in [0.4, 0.5) is 5.82 Å². The molecule has 3 rings (SSSR count). The maximum absolute atomic E-state index is 12.5. The van der Waals surface area contributed by atoms with Gasteiger partial charge in [0.05, 0.1) is 10.7 Å². The normalized spacial score (nSPS) is 15.2. The lowest BCUT2D eigenvalue weighted by molar-refractivity contribution is -0.130. The number of hydrogen-bond donors (Lipinski definition) is 1. The van der Waals surface area contributed by atoms with Crippen LogP contribution in [0.25, 0.3) is 11.3 Å². The van der Waals surface area contributed by atoms with Crippen molar-refractivity contribution in [1.82, 2.24) is 9.88 Å². The van der Waals surface area contributed by atoms with Crippen LogP contribution >= 0.6 is 23.5 Å². The predicted molar refractivity (Wildman–Crippen MR) is 168 cm³/mol. The maximum Gasteiger partial charge on any atom is 0.138 e. The van der Waals surface area contributed by atoms with Gasteiger partial charge in [-0.15, -0.1) is 0 Å². The van der Waals surface area contributed by atoms with E-state index in [9.17, 15) is 4.79 Å². The zero-order valence-electron chi connectivity index (χ0n) is 24.2. The number of carbonyl (C=O) groups excluding carboxylic acids is 1. The van der Waals surface area contributed by atoms with Crippen LogP contribution in [-0.2, 0) is 4.79 Å². The predicted octanol–water partition coefficient (Wildman–Crippen LogP) is 9.55. The molecule has 0 amide bonds. The molecule has 1 aliphatic heterocycles. The first kappa shape index (κ1) is 31.7. The van der Waals surface area contributed by atoms with E-state index in [1.807, 2.05) is 38.1 Å². The van der Waals surface area contributed by atoms with Crippen molar-refractivity contribution in [3.63, 3.8) is 0 Å². The molecule has 2 aromatic rings. The number of hydrogen-bond acceptors (Lipinski definition) is 5. The van der Waals surface area contributed by atoms with Crippen molar-refractivity contribution in [3.8, 4) is 11.3 Å². The number of likely N-dealkylation sites (tertiary alicyclic amines) is 1. The molecule has 0 radical (unpaired) electrons. The van der Waals surface area contributed by atoms with E-state index >= 15 is 0 Å². The third-order valence-corrected chi connectivity index (χ3v) is 7.93. The minimum absolute atomic E-state index is 0.160. The summed E-state index contributed by atoms with van der Waals surface area (Å²) in [5.41, 5.74) is 5.18. The van der Waals surface area contributed by atoms with E-state index in [2.05, 4.69) is 75.1 Å². The number of rotatable bonds is 10. The molecule has 38 heavy (non-hydrogen) atoms. The first-order chi connectivity index (χ1) is 18.1. The molecule has 0 atom stereocenters. The number of anilines is 1. The Bertz CT molecular complexity index is 1160.